The highest BCUT2D eigenvalue weighted by Crippen LogP contribution is 2.33. The predicted molar refractivity (Wildman–Crippen MR) is 94.6 cm³/mol. The number of hydrogen-bond donors (Lipinski definition) is 1. The van der Waals surface area contributed by atoms with Gasteiger partial charge in [0.2, 0.25) is 0 Å². The van der Waals surface area contributed by atoms with Gasteiger partial charge in [0.25, 0.3) is 0 Å². The third kappa shape index (κ3) is 5.98. The Hall–Kier alpha value is -0.770. The number of carbonyl (C=O) groups excluding carboxylic acids is 1. The maximum absolute atomic E-state index is 12.3. The molecule has 2 fully saturated rings. The van der Waals surface area contributed by atoms with Gasteiger partial charge in [-0.2, -0.15) is 0 Å². The third-order valence-corrected chi connectivity index (χ3v) is 5.22. The number of likely N-dealkylation sites (tertiary alicyclic amines) is 1. The summed E-state index contributed by atoms with van der Waals surface area (Å²) in [5.74, 6) is 0. The Labute approximate surface area is 142 Å². The van der Waals surface area contributed by atoms with E-state index in [1.807, 2.05) is 25.7 Å². The molecule has 23 heavy (non-hydrogen) atoms. The molecule has 1 N–H and O–H groups in total. The number of rotatable bonds is 3. The molecule has 0 radical (unpaired) electrons. The molecule has 0 spiro atoms. The average molecular weight is 325 g/mol. The lowest BCUT2D eigenvalue weighted by Crippen LogP contribution is -2.46. The monoisotopic (exact) mass is 324 g/mol. The summed E-state index contributed by atoms with van der Waals surface area (Å²) in [5.41, 5.74) is 0.0802. The zero-order valence-corrected chi connectivity index (χ0v) is 15.8. The number of ether oxygens (including phenoxy) is 1. The summed E-state index contributed by atoms with van der Waals surface area (Å²) in [6, 6.07) is 0.902. The highest BCUT2D eigenvalue weighted by atomic mass is 16.6. The minimum absolute atomic E-state index is 0.149. The Balaban J connectivity index is 1.81. The first-order chi connectivity index (χ1) is 10.7. The largest absolute Gasteiger partial charge is 0.444 e. The molecule has 0 aromatic carbocycles. The average Bonchev–Trinajstić information content (AvgIpc) is 2.80. The van der Waals surface area contributed by atoms with E-state index in [-0.39, 0.29) is 6.09 Å². The van der Waals surface area contributed by atoms with Gasteiger partial charge >= 0.3 is 6.09 Å². The molecule has 2 atom stereocenters. The first kappa shape index (κ1) is 18.6. The van der Waals surface area contributed by atoms with Crippen molar-refractivity contribution in [3.8, 4) is 0 Å². The zero-order chi connectivity index (χ0) is 17.1. The molecule has 134 valence electrons. The lowest BCUT2D eigenvalue weighted by Gasteiger charge is -2.30. The van der Waals surface area contributed by atoms with E-state index in [9.17, 15) is 4.79 Å². The number of hydrogen-bond acceptors (Lipinski definition) is 3. The lowest BCUT2D eigenvalue weighted by molar-refractivity contribution is 0.0224. The first-order valence-corrected chi connectivity index (χ1v) is 9.39. The van der Waals surface area contributed by atoms with Crippen molar-refractivity contribution >= 4 is 6.09 Å². The van der Waals surface area contributed by atoms with E-state index < -0.39 is 5.60 Å². The van der Waals surface area contributed by atoms with Crippen LogP contribution in [0.3, 0.4) is 0 Å². The Kier molecular flexibility index (Phi) is 5.99. The fraction of sp³-hybridized carbons (Fsp3) is 0.947. The van der Waals surface area contributed by atoms with Crippen molar-refractivity contribution in [2.24, 2.45) is 5.41 Å². The van der Waals surface area contributed by atoms with Crippen LogP contribution in [0, 0.1) is 5.41 Å². The SMILES string of the molecule is CC1(C)CCCC(NCC2CCCN2C(=O)OC(C)(C)C)CC1. The number of carbonyl (C=O) groups is 1. The van der Waals surface area contributed by atoms with E-state index in [1.165, 1.54) is 32.1 Å². The molecule has 1 amide bonds. The van der Waals surface area contributed by atoms with Crippen molar-refractivity contribution < 1.29 is 9.53 Å². The summed E-state index contributed by atoms with van der Waals surface area (Å²) in [6.45, 7) is 12.3. The smallest absolute Gasteiger partial charge is 0.410 e. The van der Waals surface area contributed by atoms with Gasteiger partial charge in [0.1, 0.15) is 5.60 Å². The maximum Gasteiger partial charge on any atom is 0.410 e. The molecule has 0 bridgehead atoms. The summed E-state index contributed by atoms with van der Waals surface area (Å²) in [4.78, 5) is 14.3. The van der Waals surface area contributed by atoms with Crippen LogP contribution < -0.4 is 5.32 Å². The highest BCUT2D eigenvalue weighted by Gasteiger charge is 2.32. The van der Waals surface area contributed by atoms with Gasteiger partial charge in [-0.1, -0.05) is 20.3 Å². The standard InChI is InChI=1S/C19H36N2O2/c1-18(2,3)23-17(22)21-13-7-9-16(21)14-20-15-8-6-11-19(4,5)12-10-15/h15-16,20H,6-14H2,1-5H3. The molecule has 1 aliphatic heterocycles. The van der Waals surface area contributed by atoms with E-state index in [4.69, 9.17) is 4.74 Å². The fourth-order valence-corrected chi connectivity index (χ4v) is 3.78. The van der Waals surface area contributed by atoms with E-state index in [0.717, 1.165) is 25.9 Å². The summed E-state index contributed by atoms with van der Waals surface area (Å²) in [6.07, 6.45) is 8.49. The first-order valence-electron chi connectivity index (χ1n) is 9.39. The second kappa shape index (κ2) is 7.42. The lowest BCUT2D eigenvalue weighted by atomic mass is 9.85. The molecule has 1 saturated heterocycles. The molecule has 2 rings (SSSR count). The van der Waals surface area contributed by atoms with E-state index in [0.29, 0.717) is 17.5 Å². The molecule has 1 saturated carbocycles. The normalized spacial score (nSPS) is 28.5. The molecule has 4 heteroatoms. The summed E-state index contributed by atoms with van der Waals surface area (Å²) >= 11 is 0. The fourth-order valence-electron chi connectivity index (χ4n) is 3.78. The van der Waals surface area contributed by atoms with E-state index in [2.05, 4.69) is 19.2 Å². The summed E-state index contributed by atoms with van der Waals surface area (Å²) in [5, 5.41) is 3.74. The zero-order valence-electron chi connectivity index (χ0n) is 15.8. The molecular weight excluding hydrogens is 288 g/mol. The van der Waals surface area contributed by atoms with Gasteiger partial charge < -0.3 is 15.0 Å². The van der Waals surface area contributed by atoms with Crippen LogP contribution in [-0.2, 0) is 4.74 Å². The Morgan fingerprint density at radius 3 is 2.61 bits per heavy atom. The minimum atomic E-state index is -0.412. The highest BCUT2D eigenvalue weighted by molar-refractivity contribution is 5.69. The van der Waals surface area contributed by atoms with Crippen LogP contribution in [0.4, 0.5) is 4.79 Å². The van der Waals surface area contributed by atoms with E-state index in [1.54, 1.807) is 0 Å². The third-order valence-electron chi connectivity index (χ3n) is 5.22. The second-order valence-electron chi connectivity index (χ2n) is 9.17. The van der Waals surface area contributed by atoms with Crippen molar-refractivity contribution in [2.45, 2.75) is 97.2 Å². The second-order valence-corrected chi connectivity index (χ2v) is 9.17. The Morgan fingerprint density at radius 2 is 1.91 bits per heavy atom. The van der Waals surface area contributed by atoms with Gasteiger partial charge in [0.05, 0.1) is 0 Å². The summed E-state index contributed by atoms with van der Waals surface area (Å²) < 4.78 is 5.55. The van der Waals surface area contributed by atoms with Crippen molar-refractivity contribution in [2.75, 3.05) is 13.1 Å². The predicted octanol–water partition coefficient (Wildman–Crippen LogP) is 4.33. The Morgan fingerprint density at radius 1 is 1.17 bits per heavy atom. The molecular formula is C19H36N2O2. The van der Waals surface area contributed by atoms with Gasteiger partial charge in [0, 0.05) is 25.2 Å². The molecule has 0 aromatic heterocycles. The summed E-state index contributed by atoms with van der Waals surface area (Å²) in [7, 11) is 0. The van der Waals surface area contributed by atoms with Crippen molar-refractivity contribution in [1.29, 1.82) is 0 Å². The topological polar surface area (TPSA) is 41.6 Å². The molecule has 2 unspecified atom stereocenters. The van der Waals surface area contributed by atoms with E-state index >= 15 is 0 Å². The van der Waals surface area contributed by atoms with Gasteiger partial charge in [0.15, 0.2) is 0 Å². The maximum atomic E-state index is 12.3. The van der Waals surface area contributed by atoms with Crippen LogP contribution in [0.5, 0.6) is 0 Å². The Bertz CT molecular complexity index is 401. The molecule has 4 nitrogen and oxygen atoms in total. The minimum Gasteiger partial charge on any atom is -0.444 e. The van der Waals surface area contributed by atoms with Gasteiger partial charge in [-0.05, 0) is 64.7 Å². The number of amides is 1. The molecule has 1 heterocycles. The molecule has 2 aliphatic rings. The van der Waals surface area contributed by atoms with Crippen LogP contribution in [0.2, 0.25) is 0 Å². The molecule has 0 aromatic rings. The van der Waals surface area contributed by atoms with Crippen molar-refractivity contribution in [1.82, 2.24) is 10.2 Å². The number of nitrogens with zero attached hydrogens (tertiary/aromatic N) is 1. The van der Waals surface area contributed by atoms with Crippen molar-refractivity contribution in [3.63, 3.8) is 0 Å². The van der Waals surface area contributed by atoms with Gasteiger partial charge in [-0.3, -0.25) is 0 Å². The van der Waals surface area contributed by atoms with Crippen LogP contribution in [-0.4, -0.2) is 41.8 Å². The van der Waals surface area contributed by atoms with Crippen molar-refractivity contribution in [3.05, 3.63) is 0 Å². The van der Waals surface area contributed by atoms with Crippen LogP contribution >= 0.6 is 0 Å². The van der Waals surface area contributed by atoms with Crippen LogP contribution in [0.1, 0.15) is 79.6 Å². The van der Waals surface area contributed by atoms with Gasteiger partial charge in [-0.15, -0.1) is 0 Å². The number of nitrogens with one attached hydrogen (secondary N) is 1. The van der Waals surface area contributed by atoms with Crippen LogP contribution in [0.25, 0.3) is 0 Å². The molecule has 1 aliphatic carbocycles. The van der Waals surface area contributed by atoms with Crippen LogP contribution in [0.15, 0.2) is 0 Å². The quantitative estimate of drug-likeness (QED) is 0.785. The van der Waals surface area contributed by atoms with Gasteiger partial charge in [-0.25, -0.2) is 4.79 Å².